The summed E-state index contributed by atoms with van der Waals surface area (Å²) in [7, 11) is 0. The molecule has 0 saturated carbocycles. The number of hydrogen-bond acceptors (Lipinski definition) is 7. The van der Waals surface area contributed by atoms with Crippen LogP contribution in [0.3, 0.4) is 0 Å². The van der Waals surface area contributed by atoms with E-state index in [9.17, 15) is 4.79 Å². The Bertz CT molecular complexity index is 1090. The predicted octanol–water partition coefficient (Wildman–Crippen LogP) is 4.01. The molecule has 0 spiro atoms. The van der Waals surface area contributed by atoms with Crippen LogP contribution in [-0.2, 0) is 12.1 Å². The van der Waals surface area contributed by atoms with Gasteiger partial charge in [0.15, 0.2) is 5.17 Å². The number of amides is 1. The summed E-state index contributed by atoms with van der Waals surface area (Å²) in [5, 5.41) is 6.77. The lowest BCUT2D eigenvalue weighted by molar-refractivity contribution is 0.102. The third kappa shape index (κ3) is 5.21. The minimum Gasteiger partial charge on any atom is -0.379 e. The molecule has 31 heavy (non-hydrogen) atoms. The Morgan fingerprint density at radius 2 is 2.03 bits per heavy atom. The van der Waals surface area contributed by atoms with Gasteiger partial charge in [-0.15, -0.1) is 0 Å². The van der Waals surface area contributed by atoms with Gasteiger partial charge in [-0.25, -0.2) is 4.98 Å². The average Bonchev–Trinajstić information content (AvgIpc) is 2.79. The summed E-state index contributed by atoms with van der Waals surface area (Å²) in [6, 6.07) is 17.0. The van der Waals surface area contributed by atoms with Crippen molar-refractivity contribution < 1.29 is 4.79 Å². The van der Waals surface area contributed by atoms with Gasteiger partial charge in [0, 0.05) is 17.6 Å². The molecule has 4 N–H and O–H groups in total. The molecule has 1 aliphatic heterocycles. The second-order valence-electron chi connectivity index (χ2n) is 7.46. The fraction of sp³-hybridized carbons (Fsp3) is 0.217. The van der Waals surface area contributed by atoms with E-state index in [4.69, 9.17) is 5.73 Å². The van der Waals surface area contributed by atoms with Crippen LogP contribution in [0.15, 0.2) is 72.0 Å². The smallest absolute Gasteiger partial charge is 0.274 e. The van der Waals surface area contributed by atoms with E-state index in [-0.39, 0.29) is 11.4 Å². The minimum atomic E-state index is -0.380. The fourth-order valence-electron chi connectivity index (χ4n) is 3.35. The standard InChI is InChI=1S/C23H24N6OS/c1-23(10-12-31-22(24)29-23)16-5-4-7-17(13-16)28-21(30)20-9-8-19(15-27-20)26-14-18-6-2-3-11-25-18/h2-9,11,13,15,26H,10,12,14H2,1H3,(H2,24,29)(H,28,30). The summed E-state index contributed by atoms with van der Waals surface area (Å²) in [4.78, 5) is 25.9. The van der Waals surface area contributed by atoms with Crippen molar-refractivity contribution in [3.63, 3.8) is 0 Å². The lowest BCUT2D eigenvalue weighted by atomic mass is 9.89. The van der Waals surface area contributed by atoms with E-state index in [1.54, 1.807) is 30.2 Å². The maximum Gasteiger partial charge on any atom is 0.274 e. The molecule has 1 aromatic carbocycles. The number of carbonyl (C=O) groups excluding carboxylic acids is 1. The molecule has 2 aromatic heterocycles. The Labute approximate surface area is 185 Å². The van der Waals surface area contributed by atoms with Gasteiger partial charge in [0.05, 0.1) is 29.7 Å². The maximum absolute atomic E-state index is 12.7. The molecule has 0 saturated heterocycles. The van der Waals surface area contributed by atoms with E-state index < -0.39 is 0 Å². The zero-order valence-electron chi connectivity index (χ0n) is 17.2. The van der Waals surface area contributed by atoms with E-state index in [1.807, 2.05) is 48.5 Å². The topological polar surface area (TPSA) is 105 Å². The monoisotopic (exact) mass is 432 g/mol. The first kappa shape index (κ1) is 20.9. The molecule has 1 amide bonds. The molecule has 3 heterocycles. The van der Waals surface area contributed by atoms with Crippen molar-refractivity contribution in [2.75, 3.05) is 16.4 Å². The molecular weight excluding hydrogens is 408 g/mol. The number of carbonyl (C=O) groups is 1. The number of pyridine rings is 2. The highest BCUT2D eigenvalue weighted by molar-refractivity contribution is 8.13. The zero-order chi connectivity index (χ0) is 21.7. The van der Waals surface area contributed by atoms with Gasteiger partial charge in [-0.1, -0.05) is 30.0 Å². The van der Waals surface area contributed by atoms with Crippen molar-refractivity contribution >= 4 is 34.2 Å². The van der Waals surface area contributed by atoms with Crippen LogP contribution in [0.4, 0.5) is 11.4 Å². The Kier molecular flexibility index (Phi) is 6.18. The molecule has 158 valence electrons. The summed E-state index contributed by atoms with van der Waals surface area (Å²) in [6.07, 6.45) is 4.30. The molecule has 0 radical (unpaired) electrons. The van der Waals surface area contributed by atoms with Crippen LogP contribution in [0.5, 0.6) is 0 Å². The van der Waals surface area contributed by atoms with Crippen LogP contribution < -0.4 is 16.4 Å². The van der Waals surface area contributed by atoms with E-state index in [0.717, 1.165) is 29.1 Å². The zero-order valence-corrected chi connectivity index (χ0v) is 18.0. The summed E-state index contributed by atoms with van der Waals surface area (Å²) >= 11 is 1.57. The molecule has 8 heteroatoms. The van der Waals surface area contributed by atoms with Gasteiger partial charge in [0.25, 0.3) is 5.91 Å². The second kappa shape index (κ2) is 9.18. The van der Waals surface area contributed by atoms with Crippen molar-refractivity contribution in [2.24, 2.45) is 10.7 Å². The van der Waals surface area contributed by atoms with Gasteiger partial charge >= 0.3 is 0 Å². The molecule has 0 bridgehead atoms. The van der Waals surface area contributed by atoms with Gasteiger partial charge in [0.1, 0.15) is 5.69 Å². The lowest BCUT2D eigenvalue weighted by Gasteiger charge is -2.30. The molecule has 7 nitrogen and oxygen atoms in total. The van der Waals surface area contributed by atoms with E-state index in [0.29, 0.717) is 23.1 Å². The molecule has 4 rings (SSSR count). The summed E-state index contributed by atoms with van der Waals surface area (Å²) in [6.45, 7) is 2.66. The highest BCUT2D eigenvalue weighted by Gasteiger charge is 2.29. The highest BCUT2D eigenvalue weighted by Crippen LogP contribution is 2.35. The van der Waals surface area contributed by atoms with Crippen LogP contribution in [0.2, 0.25) is 0 Å². The van der Waals surface area contributed by atoms with Crippen LogP contribution in [0.1, 0.15) is 35.1 Å². The lowest BCUT2D eigenvalue weighted by Crippen LogP contribution is -2.28. The molecule has 1 aliphatic rings. The molecule has 3 aromatic rings. The van der Waals surface area contributed by atoms with E-state index in [2.05, 4.69) is 32.5 Å². The Hall–Kier alpha value is -3.39. The molecule has 0 aliphatic carbocycles. The third-order valence-corrected chi connectivity index (χ3v) is 5.93. The first-order valence-electron chi connectivity index (χ1n) is 10.0. The quantitative estimate of drug-likeness (QED) is 0.544. The van der Waals surface area contributed by atoms with Crippen LogP contribution in [0, 0.1) is 0 Å². The first-order valence-corrected chi connectivity index (χ1v) is 11.0. The third-order valence-electron chi connectivity index (χ3n) is 5.13. The number of aromatic nitrogens is 2. The van der Waals surface area contributed by atoms with Crippen LogP contribution in [-0.4, -0.2) is 26.8 Å². The Morgan fingerprint density at radius 3 is 2.77 bits per heavy atom. The van der Waals surface area contributed by atoms with Gasteiger partial charge in [-0.05, 0) is 55.3 Å². The summed E-state index contributed by atoms with van der Waals surface area (Å²) in [5.74, 6) is 0.661. The van der Waals surface area contributed by atoms with Gasteiger partial charge in [-0.2, -0.15) is 0 Å². The number of anilines is 2. The second-order valence-corrected chi connectivity index (χ2v) is 8.58. The number of thioether (sulfide) groups is 1. The molecule has 0 fully saturated rings. The number of nitrogens with one attached hydrogen (secondary N) is 2. The number of nitrogens with two attached hydrogens (primary N) is 1. The largest absolute Gasteiger partial charge is 0.379 e. The Morgan fingerprint density at radius 1 is 1.13 bits per heavy atom. The molecule has 1 atom stereocenters. The van der Waals surface area contributed by atoms with Gasteiger partial charge < -0.3 is 16.4 Å². The molecule has 1 unspecified atom stereocenters. The minimum absolute atomic E-state index is 0.263. The predicted molar refractivity (Wildman–Crippen MR) is 126 cm³/mol. The number of nitrogens with zero attached hydrogens (tertiary/aromatic N) is 3. The van der Waals surface area contributed by atoms with Crippen LogP contribution in [0.25, 0.3) is 0 Å². The normalized spacial score (nSPS) is 18.2. The first-order chi connectivity index (χ1) is 15.0. The van der Waals surface area contributed by atoms with Crippen molar-refractivity contribution in [1.82, 2.24) is 9.97 Å². The average molecular weight is 433 g/mol. The number of hydrogen-bond donors (Lipinski definition) is 3. The highest BCUT2D eigenvalue weighted by atomic mass is 32.2. The molecular formula is C23H24N6OS. The van der Waals surface area contributed by atoms with E-state index >= 15 is 0 Å². The van der Waals surface area contributed by atoms with Crippen molar-refractivity contribution in [3.8, 4) is 0 Å². The number of rotatable bonds is 6. The number of amidine groups is 1. The SMILES string of the molecule is CC1(c2cccc(NC(=O)c3ccc(NCc4ccccn4)cn3)c2)CCSC(N)=N1. The summed E-state index contributed by atoms with van der Waals surface area (Å²) < 4.78 is 0. The fourth-order valence-corrected chi connectivity index (χ4v) is 4.32. The Balaban J connectivity index is 1.41. The van der Waals surface area contributed by atoms with Crippen molar-refractivity contribution in [2.45, 2.75) is 25.4 Å². The van der Waals surface area contributed by atoms with Crippen molar-refractivity contribution in [3.05, 3.63) is 83.9 Å². The van der Waals surface area contributed by atoms with Gasteiger partial charge in [0.2, 0.25) is 0 Å². The maximum atomic E-state index is 12.7. The summed E-state index contributed by atoms with van der Waals surface area (Å²) in [5.41, 5.74) is 9.38. The van der Waals surface area contributed by atoms with Crippen molar-refractivity contribution in [1.29, 1.82) is 0 Å². The van der Waals surface area contributed by atoms with Crippen LogP contribution >= 0.6 is 11.8 Å². The van der Waals surface area contributed by atoms with E-state index in [1.165, 1.54) is 0 Å². The van der Waals surface area contributed by atoms with Gasteiger partial charge in [-0.3, -0.25) is 14.8 Å². The number of aliphatic imine (C=N–C) groups is 1. The number of benzene rings is 1.